The first kappa shape index (κ1) is 11.3. The molecule has 1 N–H and O–H groups in total. The molecule has 1 fully saturated rings. The Bertz CT molecular complexity index is 368. The summed E-state index contributed by atoms with van der Waals surface area (Å²) in [6.45, 7) is 4.38. The highest BCUT2D eigenvalue weighted by Gasteiger charge is 2.16. The standard InChI is InChI=1S/C12H16F2N2/c1-9-4-6-16(7-5-15-9)12-8-10(13)2-3-11(12)14/h2-3,8-9,15H,4-7H2,1H3. The van der Waals surface area contributed by atoms with E-state index in [1.54, 1.807) is 0 Å². The molecule has 1 aromatic rings. The summed E-state index contributed by atoms with van der Waals surface area (Å²) in [4.78, 5) is 1.90. The van der Waals surface area contributed by atoms with E-state index >= 15 is 0 Å². The van der Waals surface area contributed by atoms with Crippen LogP contribution in [0.2, 0.25) is 0 Å². The number of nitrogens with zero attached hydrogens (tertiary/aromatic N) is 1. The molecule has 1 heterocycles. The Morgan fingerprint density at radius 3 is 2.94 bits per heavy atom. The second-order valence-corrected chi connectivity index (χ2v) is 4.23. The van der Waals surface area contributed by atoms with E-state index in [0.29, 0.717) is 18.3 Å². The molecular formula is C12H16F2N2. The van der Waals surface area contributed by atoms with Crippen LogP contribution in [0, 0.1) is 11.6 Å². The molecule has 4 heteroatoms. The summed E-state index contributed by atoms with van der Waals surface area (Å²) in [5, 5.41) is 3.32. The van der Waals surface area contributed by atoms with Crippen molar-refractivity contribution in [3.8, 4) is 0 Å². The van der Waals surface area contributed by atoms with Gasteiger partial charge in [0.1, 0.15) is 11.6 Å². The Morgan fingerprint density at radius 1 is 1.31 bits per heavy atom. The van der Waals surface area contributed by atoms with Gasteiger partial charge in [0.15, 0.2) is 0 Å². The summed E-state index contributed by atoms with van der Waals surface area (Å²) in [7, 11) is 0. The molecular weight excluding hydrogens is 210 g/mol. The van der Waals surface area contributed by atoms with E-state index in [-0.39, 0.29) is 11.6 Å². The molecule has 2 nitrogen and oxygen atoms in total. The van der Waals surface area contributed by atoms with Crippen molar-refractivity contribution in [1.82, 2.24) is 5.32 Å². The molecule has 0 aromatic heterocycles. The van der Waals surface area contributed by atoms with E-state index in [9.17, 15) is 8.78 Å². The molecule has 16 heavy (non-hydrogen) atoms. The molecule has 1 atom stereocenters. The van der Waals surface area contributed by atoms with Crippen LogP contribution in [-0.4, -0.2) is 25.7 Å². The predicted molar refractivity (Wildman–Crippen MR) is 60.7 cm³/mol. The fourth-order valence-electron chi connectivity index (χ4n) is 1.98. The van der Waals surface area contributed by atoms with Crippen LogP contribution >= 0.6 is 0 Å². The summed E-state index contributed by atoms with van der Waals surface area (Å²) in [5.74, 6) is -0.738. The van der Waals surface area contributed by atoms with E-state index in [0.717, 1.165) is 25.6 Å². The van der Waals surface area contributed by atoms with Gasteiger partial charge in [-0.25, -0.2) is 8.78 Å². The monoisotopic (exact) mass is 226 g/mol. The van der Waals surface area contributed by atoms with Gasteiger partial charge >= 0.3 is 0 Å². The molecule has 0 aliphatic carbocycles. The van der Waals surface area contributed by atoms with Crippen LogP contribution < -0.4 is 10.2 Å². The van der Waals surface area contributed by atoms with Gasteiger partial charge in [-0.15, -0.1) is 0 Å². The zero-order valence-electron chi connectivity index (χ0n) is 9.34. The van der Waals surface area contributed by atoms with Crippen molar-refractivity contribution in [3.05, 3.63) is 29.8 Å². The summed E-state index contributed by atoms with van der Waals surface area (Å²) in [5.41, 5.74) is 0.371. The molecule has 1 aliphatic rings. The third-order valence-electron chi connectivity index (χ3n) is 2.96. The van der Waals surface area contributed by atoms with Crippen molar-refractivity contribution >= 4 is 5.69 Å². The van der Waals surface area contributed by atoms with Gasteiger partial charge in [0, 0.05) is 31.7 Å². The number of hydrogen-bond donors (Lipinski definition) is 1. The first-order valence-electron chi connectivity index (χ1n) is 5.60. The molecule has 1 unspecified atom stereocenters. The lowest BCUT2D eigenvalue weighted by atomic mass is 10.2. The average molecular weight is 226 g/mol. The van der Waals surface area contributed by atoms with Gasteiger partial charge in [-0.2, -0.15) is 0 Å². The zero-order valence-corrected chi connectivity index (χ0v) is 9.34. The minimum Gasteiger partial charge on any atom is -0.368 e. The lowest BCUT2D eigenvalue weighted by molar-refractivity contribution is 0.565. The summed E-state index contributed by atoms with van der Waals surface area (Å²) < 4.78 is 26.6. The second kappa shape index (κ2) is 4.78. The van der Waals surface area contributed by atoms with Gasteiger partial charge in [-0.05, 0) is 25.5 Å². The molecule has 1 aromatic carbocycles. The van der Waals surface area contributed by atoms with Crippen molar-refractivity contribution in [3.63, 3.8) is 0 Å². The number of rotatable bonds is 1. The Hall–Kier alpha value is -1.16. The first-order valence-corrected chi connectivity index (χ1v) is 5.60. The van der Waals surface area contributed by atoms with Crippen LogP contribution in [0.4, 0.5) is 14.5 Å². The fraction of sp³-hybridized carbons (Fsp3) is 0.500. The summed E-state index contributed by atoms with van der Waals surface area (Å²) in [6, 6.07) is 4.04. The number of benzene rings is 1. The van der Waals surface area contributed by atoms with Crippen LogP contribution in [0.15, 0.2) is 18.2 Å². The van der Waals surface area contributed by atoms with Gasteiger partial charge in [-0.1, -0.05) is 0 Å². The number of halogens is 2. The lowest BCUT2D eigenvalue weighted by Crippen LogP contribution is -2.29. The highest BCUT2D eigenvalue weighted by Crippen LogP contribution is 2.21. The molecule has 0 amide bonds. The summed E-state index contributed by atoms with van der Waals surface area (Å²) >= 11 is 0. The molecule has 0 saturated carbocycles. The number of nitrogens with one attached hydrogen (secondary N) is 1. The normalized spacial score (nSPS) is 21.9. The van der Waals surface area contributed by atoms with Crippen molar-refractivity contribution in [2.75, 3.05) is 24.5 Å². The topological polar surface area (TPSA) is 15.3 Å². The van der Waals surface area contributed by atoms with Crippen LogP contribution in [0.1, 0.15) is 13.3 Å². The van der Waals surface area contributed by atoms with Crippen molar-refractivity contribution in [2.24, 2.45) is 0 Å². The largest absolute Gasteiger partial charge is 0.368 e. The van der Waals surface area contributed by atoms with Crippen LogP contribution in [-0.2, 0) is 0 Å². The third kappa shape index (κ3) is 2.50. The van der Waals surface area contributed by atoms with Crippen LogP contribution in [0.3, 0.4) is 0 Å². The van der Waals surface area contributed by atoms with Gasteiger partial charge in [-0.3, -0.25) is 0 Å². The predicted octanol–water partition coefficient (Wildman–Crippen LogP) is 2.15. The number of anilines is 1. The minimum absolute atomic E-state index is 0.351. The minimum atomic E-state index is -0.387. The highest BCUT2D eigenvalue weighted by molar-refractivity contribution is 5.48. The summed E-state index contributed by atoms with van der Waals surface area (Å²) in [6.07, 6.45) is 0.940. The lowest BCUT2D eigenvalue weighted by Gasteiger charge is -2.22. The second-order valence-electron chi connectivity index (χ2n) is 4.23. The first-order chi connectivity index (χ1) is 7.66. The highest BCUT2D eigenvalue weighted by atomic mass is 19.1. The van der Waals surface area contributed by atoms with E-state index in [2.05, 4.69) is 12.2 Å². The Morgan fingerprint density at radius 2 is 2.12 bits per heavy atom. The van der Waals surface area contributed by atoms with Crippen LogP contribution in [0.25, 0.3) is 0 Å². The van der Waals surface area contributed by atoms with Gasteiger partial charge in [0.05, 0.1) is 5.69 Å². The quantitative estimate of drug-likeness (QED) is 0.789. The van der Waals surface area contributed by atoms with E-state index in [4.69, 9.17) is 0 Å². The average Bonchev–Trinajstić information content (AvgIpc) is 2.47. The SMILES string of the molecule is CC1CCN(c2cc(F)ccc2F)CCN1. The molecule has 0 radical (unpaired) electrons. The molecule has 1 aliphatic heterocycles. The fourth-order valence-corrected chi connectivity index (χ4v) is 1.98. The van der Waals surface area contributed by atoms with Crippen molar-refractivity contribution < 1.29 is 8.78 Å². The maximum absolute atomic E-state index is 13.6. The molecule has 2 rings (SSSR count). The Labute approximate surface area is 94.3 Å². The van der Waals surface area contributed by atoms with Gasteiger partial charge in [0.25, 0.3) is 0 Å². The Balaban J connectivity index is 2.19. The molecule has 88 valence electrons. The van der Waals surface area contributed by atoms with E-state index in [1.807, 2.05) is 4.90 Å². The molecule has 0 spiro atoms. The van der Waals surface area contributed by atoms with Gasteiger partial charge < -0.3 is 10.2 Å². The molecule has 1 saturated heterocycles. The Kier molecular flexibility index (Phi) is 3.39. The van der Waals surface area contributed by atoms with E-state index in [1.165, 1.54) is 12.1 Å². The van der Waals surface area contributed by atoms with Gasteiger partial charge in [0.2, 0.25) is 0 Å². The number of hydrogen-bond acceptors (Lipinski definition) is 2. The maximum Gasteiger partial charge on any atom is 0.146 e. The molecule has 0 bridgehead atoms. The van der Waals surface area contributed by atoms with Crippen molar-refractivity contribution in [1.29, 1.82) is 0 Å². The smallest absolute Gasteiger partial charge is 0.146 e. The zero-order chi connectivity index (χ0) is 11.5. The van der Waals surface area contributed by atoms with Crippen LogP contribution in [0.5, 0.6) is 0 Å². The van der Waals surface area contributed by atoms with E-state index < -0.39 is 0 Å². The van der Waals surface area contributed by atoms with Crippen molar-refractivity contribution in [2.45, 2.75) is 19.4 Å². The third-order valence-corrected chi connectivity index (χ3v) is 2.96. The maximum atomic E-state index is 13.6.